The molecule has 0 unspecified atom stereocenters. The van der Waals surface area contributed by atoms with Crippen LogP contribution >= 0.6 is 11.6 Å². The first-order chi connectivity index (χ1) is 5.83. The molecule has 0 saturated heterocycles. The van der Waals surface area contributed by atoms with Gasteiger partial charge >= 0.3 is 0 Å². The smallest absolute Gasteiger partial charge is 0.0406 e. The predicted molar refractivity (Wildman–Crippen MR) is 53.9 cm³/mol. The van der Waals surface area contributed by atoms with E-state index in [1.165, 1.54) is 5.56 Å². The topological polar surface area (TPSA) is 14.1 Å². The molecule has 1 nitrogen and oxygen atoms in total. The molecule has 0 N–H and O–H groups in total. The Labute approximate surface area is 78.7 Å². The second-order valence-corrected chi connectivity index (χ2v) is 3.21. The lowest BCUT2D eigenvalue weighted by Gasteiger charge is -2.09. The average Bonchev–Trinajstić information content (AvgIpc) is 2.09. The second-order valence-electron chi connectivity index (χ2n) is 2.77. The maximum absolute atomic E-state index is 5.75. The Balaban J connectivity index is 2.37. The van der Waals surface area contributed by atoms with Crippen LogP contribution in [0.3, 0.4) is 0 Å². The molecule has 0 bridgehead atoms. The summed E-state index contributed by atoms with van der Waals surface area (Å²) in [5.74, 6) is 0. The molecule has 66 valence electrons. The third-order valence-corrected chi connectivity index (χ3v) is 2.01. The fraction of sp³-hybridized carbons (Fsp3) is 0.400. The first-order valence-electron chi connectivity index (χ1n) is 4.13. The van der Waals surface area contributed by atoms with E-state index in [-0.39, 0.29) is 0 Å². The first kappa shape index (κ1) is 9.56. The SMILES string of the molecule is C[N-]CCCc1ccc(Cl)cc1. The summed E-state index contributed by atoms with van der Waals surface area (Å²) in [6, 6.07) is 8.00. The minimum absolute atomic E-state index is 0.805. The highest BCUT2D eigenvalue weighted by Crippen LogP contribution is 2.10. The Kier molecular flexibility index (Phi) is 4.12. The lowest BCUT2D eigenvalue weighted by Crippen LogP contribution is -1.88. The van der Waals surface area contributed by atoms with Crippen molar-refractivity contribution in [2.45, 2.75) is 12.8 Å². The first-order valence-corrected chi connectivity index (χ1v) is 4.51. The number of halogens is 1. The quantitative estimate of drug-likeness (QED) is 0.635. The van der Waals surface area contributed by atoms with Gasteiger partial charge in [0, 0.05) is 5.02 Å². The van der Waals surface area contributed by atoms with Gasteiger partial charge in [0.25, 0.3) is 0 Å². The van der Waals surface area contributed by atoms with Crippen molar-refractivity contribution < 1.29 is 0 Å². The van der Waals surface area contributed by atoms with Gasteiger partial charge < -0.3 is 5.32 Å². The summed E-state index contributed by atoms with van der Waals surface area (Å²) < 4.78 is 0. The van der Waals surface area contributed by atoms with Gasteiger partial charge in [-0.15, -0.1) is 6.54 Å². The van der Waals surface area contributed by atoms with Crippen molar-refractivity contribution in [3.8, 4) is 0 Å². The van der Waals surface area contributed by atoms with E-state index >= 15 is 0 Å². The van der Waals surface area contributed by atoms with Crippen LogP contribution in [0.15, 0.2) is 24.3 Å². The van der Waals surface area contributed by atoms with Crippen LogP contribution in [-0.2, 0) is 6.42 Å². The summed E-state index contributed by atoms with van der Waals surface area (Å²) in [6.45, 7) is 0.947. The summed E-state index contributed by atoms with van der Waals surface area (Å²) in [7, 11) is 1.85. The number of rotatable bonds is 4. The van der Waals surface area contributed by atoms with E-state index in [4.69, 9.17) is 11.6 Å². The third kappa shape index (κ3) is 3.24. The van der Waals surface area contributed by atoms with Crippen LogP contribution in [0.1, 0.15) is 12.0 Å². The number of nitrogens with zero attached hydrogens (tertiary/aromatic N) is 1. The van der Waals surface area contributed by atoms with Crippen molar-refractivity contribution in [2.24, 2.45) is 0 Å². The monoisotopic (exact) mass is 182 g/mol. The molecule has 1 aromatic rings. The van der Waals surface area contributed by atoms with Gasteiger partial charge in [0.15, 0.2) is 0 Å². The van der Waals surface area contributed by atoms with Gasteiger partial charge in [-0.1, -0.05) is 30.2 Å². The van der Waals surface area contributed by atoms with Gasteiger partial charge in [-0.25, -0.2) is 0 Å². The normalized spacial score (nSPS) is 10.2. The number of aryl methyl sites for hydroxylation is 1. The van der Waals surface area contributed by atoms with E-state index in [1.54, 1.807) is 0 Å². The Morgan fingerprint density at radius 3 is 2.50 bits per heavy atom. The summed E-state index contributed by atoms with van der Waals surface area (Å²) in [5, 5.41) is 4.85. The maximum Gasteiger partial charge on any atom is 0.0406 e. The van der Waals surface area contributed by atoms with Crippen LogP contribution in [0.25, 0.3) is 5.32 Å². The molecule has 0 aromatic heterocycles. The molecule has 1 aromatic carbocycles. The average molecular weight is 183 g/mol. The second kappa shape index (κ2) is 5.18. The summed E-state index contributed by atoms with van der Waals surface area (Å²) in [5.41, 5.74) is 1.34. The van der Waals surface area contributed by atoms with Crippen molar-refractivity contribution in [3.63, 3.8) is 0 Å². The molecule has 0 fully saturated rings. The molecular weight excluding hydrogens is 170 g/mol. The van der Waals surface area contributed by atoms with E-state index in [0.29, 0.717) is 0 Å². The highest BCUT2D eigenvalue weighted by molar-refractivity contribution is 6.30. The molecule has 0 amide bonds. The van der Waals surface area contributed by atoms with E-state index in [2.05, 4.69) is 17.4 Å². The fourth-order valence-electron chi connectivity index (χ4n) is 1.09. The molecular formula is C10H13ClN-. The molecule has 0 radical (unpaired) electrons. The molecule has 0 aliphatic rings. The third-order valence-electron chi connectivity index (χ3n) is 1.76. The van der Waals surface area contributed by atoms with Gasteiger partial charge in [0.05, 0.1) is 0 Å². The van der Waals surface area contributed by atoms with Gasteiger partial charge in [0.2, 0.25) is 0 Å². The van der Waals surface area contributed by atoms with Crippen molar-refractivity contribution in [2.75, 3.05) is 13.6 Å². The van der Waals surface area contributed by atoms with E-state index in [1.807, 2.05) is 19.2 Å². The van der Waals surface area contributed by atoms with Crippen LogP contribution in [0, 0.1) is 0 Å². The Morgan fingerprint density at radius 2 is 1.92 bits per heavy atom. The van der Waals surface area contributed by atoms with Gasteiger partial charge in [-0.05, 0) is 24.1 Å². The minimum Gasteiger partial charge on any atom is -0.665 e. The van der Waals surface area contributed by atoms with Crippen LogP contribution in [0.4, 0.5) is 0 Å². The molecule has 0 aliphatic carbocycles. The lowest BCUT2D eigenvalue weighted by molar-refractivity contribution is 0.875. The Bertz CT molecular complexity index is 218. The van der Waals surface area contributed by atoms with E-state index in [0.717, 1.165) is 24.4 Å². The van der Waals surface area contributed by atoms with Crippen LogP contribution < -0.4 is 0 Å². The Morgan fingerprint density at radius 1 is 1.25 bits per heavy atom. The molecule has 0 heterocycles. The summed E-state index contributed by atoms with van der Waals surface area (Å²) in [4.78, 5) is 0. The molecule has 2 heteroatoms. The molecule has 12 heavy (non-hydrogen) atoms. The zero-order chi connectivity index (χ0) is 8.81. The van der Waals surface area contributed by atoms with Crippen molar-refractivity contribution in [1.29, 1.82) is 0 Å². The van der Waals surface area contributed by atoms with Crippen LogP contribution in [0.5, 0.6) is 0 Å². The standard InChI is InChI=1S/C10H13ClN/c1-12-8-2-3-9-4-6-10(11)7-5-9/h4-7H,2-3,8H2,1H3/q-1. The molecule has 0 spiro atoms. The van der Waals surface area contributed by atoms with Gasteiger partial charge in [-0.2, -0.15) is 7.05 Å². The van der Waals surface area contributed by atoms with Crippen molar-refractivity contribution in [1.82, 2.24) is 0 Å². The van der Waals surface area contributed by atoms with Crippen LogP contribution in [0.2, 0.25) is 5.02 Å². The lowest BCUT2D eigenvalue weighted by atomic mass is 10.1. The zero-order valence-corrected chi connectivity index (χ0v) is 8.01. The summed E-state index contributed by atoms with van der Waals surface area (Å²) >= 11 is 5.75. The molecule has 0 atom stereocenters. The molecule has 0 aliphatic heterocycles. The largest absolute Gasteiger partial charge is 0.665 e. The van der Waals surface area contributed by atoms with Crippen molar-refractivity contribution in [3.05, 3.63) is 40.2 Å². The highest BCUT2D eigenvalue weighted by Gasteiger charge is 1.90. The maximum atomic E-state index is 5.75. The molecule has 0 saturated carbocycles. The zero-order valence-electron chi connectivity index (χ0n) is 7.26. The van der Waals surface area contributed by atoms with Gasteiger partial charge in [0.1, 0.15) is 0 Å². The van der Waals surface area contributed by atoms with Crippen molar-refractivity contribution >= 4 is 11.6 Å². The van der Waals surface area contributed by atoms with Crippen LogP contribution in [-0.4, -0.2) is 13.6 Å². The summed E-state index contributed by atoms with van der Waals surface area (Å²) in [6.07, 6.45) is 2.21. The van der Waals surface area contributed by atoms with E-state index < -0.39 is 0 Å². The number of hydrogen-bond acceptors (Lipinski definition) is 0. The highest BCUT2D eigenvalue weighted by atomic mass is 35.5. The predicted octanol–water partition coefficient (Wildman–Crippen LogP) is 3.28. The minimum atomic E-state index is 0.805. The number of hydrogen-bond donors (Lipinski definition) is 0. The Hall–Kier alpha value is -0.530. The van der Waals surface area contributed by atoms with E-state index in [9.17, 15) is 0 Å². The fourth-order valence-corrected chi connectivity index (χ4v) is 1.22. The van der Waals surface area contributed by atoms with Gasteiger partial charge in [-0.3, -0.25) is 0 Å². The number of benzene rings is 1. The molecule has 1 rings (SSSR count).